The second-order valence-corrected chi connectivity index (χ2v) is 5.73. The molecule has 106 valence electrons. The van der Waals surface area contributed by atoms with Gasteiger partial charge in [-0.05, 0) is 36.5 Å². The van der Waals surface area contributed by atoms with Gasteiger partial charge in [-0.15, -0.1) is 11.6 Å². The molecule has 1 saturated carbocycles. The molecule has 1 aromatic rings. The van der Waals surface area contributed by atoms with Crippen molar-refractivity contribution in [3.8, 4) is 0 Å². The van der Waals surface area contributed by atoms with Crippen molar-refractivity contribution in [3.63, 3.8) is 0 Å². The maximum atomic E-state index is 6.01. The van der Waals surface area contributed by atoms with Gasteiger partial charge in [0, 0.05) is 31.3 Å². The highest BCUT2D eigenvalue weighted by atomic mass is 35.5. The smallest absolute Gasteiger partial charge is 0.129 e. The molecule has 0 saturated heterocycles. The molecule has 0 spiro atoms. The van der Waals surface area contributed by atoms with Crippen LogP contribution in [-0.4, -0.2) is 31.3 Å². The van der Waals surface area contributed by atoms with E-state index in [4.69, 9.17) is 21.3 Å². The molecule has 0 atom stereocenters. The summed E-state index contributed by atoms with van der Waals surface area (Å²) < 4.78 is 5.21. The molecule has 19 heavy (non-hydrogen) atoms. The first-order chi connectivity index (χ1) is 9.15. The van der Waals surface area contributed by atoms with E-state index in [1.165, 1.54) is 12.8 Å². The predicted molar refractivity (Wildman–Crippen MR) is 80.1 cm³/mol. The molecule has 2 rings (SSSR count). The summed E-state index contributed by atoms with van der Waals surface area (Å²) in [5.74, 6) is 2.02. The Morgan fingerprint density at radius 1 is 1.42 bits per heavy atom. The molecule has 0 bridgehead atoms. The maximum absolute atomic E-state index is 6.01. The zero-order valence-corrected chi connectivity index (χ0v) is 12.8. The van der Waals surface area contributed by atoms with Crippen LogP contribution < -0.4 is 4.90 Å². The minimum atomic E-state index is 0.422. The average Bonchev–Trinajstić information content (AvgIpc) is 3.23. The van der Waals surface area contributed by atoms with Crippen LogP contribution in [0.3, 0.4) is 0 Å². The van der Waals surface area contributed by atoms with Crippen LogP contribution in [0, 0.1) is 0 Å². The van der Waals surface area contributed by atoms with Crippen LogP contribution >= 0.6 is 11.6 Å². The SMILES string of the molecule is COCCN(c1cc(CCl)cc(C(C)C)n1)C1CC1. The number of hydrogen-bond donors (Lipinski definition) is 0. The summed E-state index contributed by atoms with van der Waals surface area (Å²) in [5, 5.41) is 0. The quantitative estimate of drug-likeness (QED) is 0.715. The lowest BCUT2D eigenvalue weighted by molar-refractivity contribution is 0.204. The van der Waals surface area contributed by atoms with Crippen molar-refractivity contribution >= 4 is 17.4 Å². The van der Waals surface area contributed by atoms with Crippen LogP contribution in [0.2, 0.25) is 0 Å². The Bertz CT molecular complexity index is 419. The summed E-state index contributed by atoms with van der Waals surface area (Å²) >= 11 is 6.01. The summed E-state index contributed by atoms with van der Waals surface area (Å²) in [6, 6.07) is 4.86. The Morgan fingerprint density at radius 2 is 2.16 bits per heavy atom. The third-order valence-corrected chi connectivity index (χ3v) is 3.76. The molecule has 1 aliphatic carbocycles. The van der Waals surface area contributed by atoms with Crippen LogP contribution in [0.15, 0.2) is 12.1 Å². The Morgan fingerprint density at radius 3 is 2.68 bits per heavy atom. The number of pyridine rings is 1. The molecule has 1 aliphatic rings. The van der Waals surface area contributed by atoms with E-state index in [-0.39, 0.29) is 0 Å². The molecule has 0 unspecified atom stereocenters. The molecule has 0 amide bonds. The van der Waals surface area contributed by atoms with E-state index in [9.17, 15) is 0 Å². The number of rotatable bonds is 7. The van der Waals surface area contributed by atoms with Crippen molar-refractivity contribution in [2.45, 2.75) is 44.5 Å². The molecule has 0 aliphatic heterocycles. The van der Waals surface area contributed by atoms with E-state index >= 15 is 0 Å². The van der Waals surface area contributed by atoms with Crippen molar-refractivity contribution in [1.29, 1.82) is 0 Å². The van der Waals surface area contributed by atoms with Crippen molar-refractivity contribution < 1.29 is 4.74 Å². The van der Waals surface area contributed by atoms with Crippen LogP contribution in [0.5, 0.6) is 0 Å². The van der Waals surface area contributed by atoms with E-state index < -0.39 is 0 Å². The van der Waals surface area contributed by atoms with Crippen LogP contribution in [-0.2, 0) is 10.6 Å². The van der Waals surface area contributed by atoms with Crippen LogP contribution in [0.25, 0.3) is 0 Å². The summed E-state index contributed by atoms with van der Waals surface area (Å²) in [4.78, 5) is 7.17. The van der Waals surface area contributed by atoms with Gasteiger partial charge in [-0.2, -0.15) is 0 Å². The number of anilines is 1. The first-order valence-electron chi connectivity index (χ1n) is 6.98. The largest absolute Gasteiger partial charge is 0.383 e. The maximum Gasteiger partial charge on any atom is 0.129 e. The Balaban J connectivity index is 2.26. The number of hydrogen-bond acceptors (Lipinski definition) is 3. The van der Waals surface area contributed by atoms with Crippen molar-refractivity contribution in [3.05, 3.63) is 23.4 Å². The van der Waals surface area contributed by atoms with Gasteiger partial charge in [0.25, 0.3) is 0 Å². The normalized spacial score (nSPS) is 15.0. The monoisotopic (exact) mass is 282 g/mol. The Labute approximate surface area is 120 Å². The van der Waals surface area contributed by atoms with Gasteiger partial charge in [0.05, 0.1) is 6.61 Å². The first kappa shape index (κ1) is 14.6. The first-order valence-corrected chi connectivity index (χ1v) is 7.51. The molecule has 0 N–H and O–H groups in total. The molecule has 1 aromatic heterocycles. The summed E-state index contributed by atoms with van der Waals surface area (Å²) in [6.45, 7) is 5.97. The van der Waals surface area contributed by atoms with Crippen LogP contribution in [0.1, 0.15) is 43.9 Å². The molecule has 0 radical (unpaired) electrons. The van der Waals surface area contributed by atoms with E-state index in [2.05, 4.69) is 30.9 Å². The molecule has 3 nitrogen and oxygen atoms in total. The third-order valence-electron chi connectivity index (χ3n) is 3.46. The van der Waals surface area contributed by atoms with Gasteiger partial charge in [-0.3, -0.25) is 0 Å². The molecule has 1 fully saturated rings. The summed E-state index contributed by atoms with van der Waals surface area (Å²) in [5.41, 5.74) is 2.27. The topological polar surface area (TPSA) is 25.4 Å². The number of ether oxygens (including phenoxy) is 1. The lowest BCUT2D eigenvalue weighted by atomic mass is 10.1. The highest BCUT2D eigenvalue weighted by Crippen LogP contribution is 2.32. The van der Waals surface area contributed by atoms with E-state index in [0.717, 1.165) is 30.2 Å². The van der Waals surface area contributed by atoms with E-state index in [0.29, 0.717) is 17.8 Å². The molecule has 0 aromatic carbocycles. The minimum Gasteiger partial charge on any atom is -0.383 e. The Kier molecular flexibility index (Phi) is 5.06. The highest BCUT2D eigenvalue weighted by Gasteiger charge is 2.30. The van der Waals surface area contributed by atoms with Crippen molar-refractivity contribution in [2.75, 3.05) is 25.2 Å². The van der Waals surface area contributed by atoms with Gasteiger partial charge in [-0.1, -0.05) is 13.8 Å². The minimum absolute atomic E-state index is 0.422. The number of aromatic nitrogens is 1. The average molecular weight is 283 g/mol. The lowest BCUT2D eigenvalue weighted by Crippen LogP contribution is -2.30. The van der Waals surface area contributed by atoms with Gasteiger partial charge in [0.2, 0.25) is 0 Å². The van der Waals surface area contributed by atoms with Gasteiger partial charge >= 0.3 is 0 Å². The zero-order valence-electron chi connectivity index (χ0n) is 12.0. The van der Waals surface area contributed by atoms with Crippen LogP contribution in [0.4, 0.5) is 5.82 Å². The van der Waals surface area contributed by atoms with Gasteiger partial charge in [0.15, 0.2) is 0 Å². The molecular weight excluding hydrogens is 260 g/mol. The standard InChI is InChI=1S/C15H23ClN2O/c1-11(2)14-8-12(10-16)9-15(17-14)18(6-7-19-3)13-4-5-13/h8-9,11,13H,4-7,10H2,1-3H3. The molecule has 4 heteroatoms. The highest BCUT2D eigenvalue weighted by molar-refractivity contribution is 6.17. The molecule has 1 heterocycles. The predicted octanol–water partition coefficient (Wildman–Crippen LogP) is 3.56. The molecular formula is C15H23ClN2O. The number of methoxy groups -OCH3 is 1. The zero-order chi connectivity index (χ0) is 13.8. The third kappa shape index (κ3) is 3.83. The fraction of sp³-hybridized carbons (Fsp3) is 0.667. The second-order valence-electron chi connectivity index (χ2n) is 5.46. The fourth-order valence-electron chi connectivity index (χ4n) is 2.17. The lowest BCUT2D eigenvalue weighted by Gasteiger charge is -2.24. The van der Waals surface area contributed by atoms with Gasteiger partial charge in [0.1, 0.15) is 5.82 Å². The van der Waals surface area contributed by atoms with E-state index in [1.54, 1.807) is 7.11 Å². The van der Waals surface area contributed by atoms with Crippen molar-refractivity contribution in [2.24, 2.45) is 0 Å². The van der Waals surface area contributed by atoms with Gasteiger partial charge in [-0.25, -0.2) is 4.98 Å². The fourth-order valence-corrected chi connectivity index (χ4v) is 2.33. The Hall–Kier alpha value is -0.800. The number of nitrogens with zero attached hydrogens (tertiary/aromatic N) is 2. The summed E-state index contributed by atoms with van der Waals surface area (Å²) in [6.07, 6.45) is 2.51. The second kappa shape index (κ2) is 6.58. The van der Waals surface area contributed by atoms with Gasteiger partial charge < -0.3 is 9.64 Å². The van der Waals surface area contributed by atoms with Crippen molar-refractivity contribution in [1.82, 2.24) is 4.98 Å². The number of halogens is 1. The summed E-state index contributed by atoms with van der Waals surface area (Å²) in [7, 11) is 1.74. The number of alkyl halides is 1. The van der Waals surface area contributed by atoms with E-state index in [1.807, 2.05) is 0 Å².